The second-order valence-corrected chi connectivity index (χ2v) is 14.2. The summed E-state index contributed by atoms with van der Waals surface area (Å²) in [5.74, 6) is -4.09. The van der Waals surface area contributed by atoms with Gasteiger partial charge in [-0.2, -0.15) is 17.7 Å². The van der Waals surface area contributed by atoms with Crippen LogP contribution in [-0.2, 0) is 35.2 Å². The molecule has 0 heterocycles. The number of carbonyl (C=O) groups excluding carboxylic acids is 3. The molecule has 1 saturated carbocycles. The largest absolute Gasteiger partial charge is 0.545 e. The van der Waals surface area contributed by atoms with Crippen molar-refractivity contribution in [1.82, 2.24) is 4.31 Å². The zero-order chi connectivity index (χ0) is 38.3. The van der Waals surface area contributed by atoms with Crippen molar-refractivity contribution in [3.05, 3.63) is 124 Å². The van der Waals surface area contributed by atoms with Gasteiger partial charge in [-0.05, 0) is 105 Å². The topological polar surface area (TPSA) is 159 Å². The number of aliphatic carboxylic acids is 1. The highest BCUT2D eigenvalue weighted by Crippen LogP contribution is 2.34. The first-order chi connectivity index (χ1) is 25.2. The normalized spacial score (nSPS) is 16.5. The SMILES string of the molecule is CCN(C1CCC(C(=O)O)CC1)[S+](O)c1cccc(C(=O)Nc2ccc(C(F)(F)F)cc2C(=O)Nc2ccc(CCc3ccc(C(=O)[O-])cc3)cc2)c1. The highest BCUT2D eigenvalue weighted by atomic mass is 32.2. The molecule has 0 saturated heterocycles. The fourth-order valence-electron chi connectivity index (χ4n) is 6.28. The third kappa shape index (κ3) is 10.0. The monoisotopic (exact) mass is 749 g/mol. The predicted octanol–water partition coefficient (Wildman–Crippen LogP) is 6.69. The number of carboxylic acid groups (broad SMARTS) is 2. The zero-order valence-electron chi connectivity index (χ0n) is 28.7. The molecular weight excluding hydrogens is 712 g/mol. The second-order valence-electron chi connectivity index (χ2n) is 12.7. The lowest BCUT2D eigenvalue weighted by Gasteiger charge is -2.30. The van der Waals surface area contributed by atoms with Gasteiger partial charge in [-0.1, -0.05) is 46.8 Å². The van der Waals surface area contributed by atoms with Gasteiger partial charge in [0.05, 0.1) is 34.7 Å². The highest BCUT2D eigenvalue weighted by Gasteiger charge is 2.39. The first-order valence-electron chi connectivity index (χ1n) is 17.0. The number of hydrogen-bond donors (Lipinski definition) is 4. The molecule has 4 N–H and O–H groups in total. The summed E-state index contributed by atoms with van der Waals surface area (Å²) in [4.78, 5) is 49.7. The van der Waals surface area contributed by atoms with E-state index in [0.29, 0.717) is 61.7 Å². The van der Waals surface area contributed by atoms with E-state index in [9.17, 15) is 47.1 Å². The average Bonchev–Trinajstić information content (AvgIpc) is 3.14. The minimum absolute atomic E-state index is 0.0473. The van der Waals surface area contributed by atoms with Crippen LogP contribution in [0.4, 0.5) is 24.5 Å². The summed E-state index contributed by atoms with van der Waals surface area (Å²) in [5.41, 5.74) is 0.671. The van der Waals surface area contributed by atoms with Crippen molar-refractivity contribution >= 4 is 46.5 Å². The molecule has 1 atom stereocenters. The number of aryl methyl sites for hydroxylation is 2. The van der Waals surface area contributed by atoms with Gasteiger partial charge in [-0.3, -0.25) is 14.4 Å². The Morgan fingerprint density at radius 1 is 0.811 bits per heavy atom. The Morgan fingerprint density at radius 2 is 1.43 bits per heavy atom. The number of carboxylic acids is 2. The Hall–Kier alpha value is -5.18. The number of alkyl halides is 3. The molecule has 278 valence electrons. The van der Waals surface area contributed by atoms with Crippen molar-refractivity contribution in [3.63, 3.8) is 0 Å². The van der Waals surface area contributed by atoms with Crippen molar-refractivity contribution in [2.75, 3.05) is 17.2 Å². The summed E-state index contributed by atoms with van der Waals surface area (Å²) < 4.78 is 54.3. The third-order valence-corrected chi connectivity index (χ3v) is 10.9. The van der Waals surface area contributed by atoms with E-state index >= 15 is 0 Å². The van der Waals surface area contributed by atoms with Crippen molar-refractivity contribution in [2.45, 2.75) is 62.6 Å². The molecule has 2 amide bonds. The Bertz CT molecular complexity index is 1950. The number of amides is 2. The van der Waals surface area contributed by atoms with Gasteiger partial charge in [-0.15, -0.1) is 0 Å². The van der Waals surface area contributed by atoms with Gasteiger partial charge in [0.25, 0.3) is 23.2 Å². The van der Waals surface area contributed by atoms with E-state index in [1.54, 1.807) is 48.5 Å². The molecule has 53 heavy (non-hydrogen) atoms. The molecule has 10 nitrogen and oxygen atoms in total. The number of aromatic carboxylic acids is 1. The molecule has 14 heteroatoms. The number of nitrogens with one attached hydrogen (secondary N) is 2. The summed E-state index contributed by atoms with van der Waals surface area (Å²) in [7, 11) is 0. The summed E-state index contributed by atoms with van der Waals surface area (Å²) in [6.45, 7) is 2.36. The molecule has 0 aromatic heterocycles. The fourth-order valence-corrected chi connectivity index (χ4v) is 7.72. The van der Waals surface area contributed by atoms with Crippen LogP contribution < -0.4 is 15.7 Å². The molecule has 4 aromatic rings. The molecule has 1 fully saturated rings. The van der Waals surface area contributed by atoms with Crippen LogP contribution in [0.3, 0.4) is 0 Å². The number of rotatable bonds is 13. The lowest BCUT2D eigenvalue weighted by molar-refractivity contribution is -0.255. The van der Waals surface area contributed by atoms with E-state index in [2.05, 4.69) is 10.6 Å². The predicted molar refractivity (Wildman–Crippen MR) is 192 cm³/mol. The first kappa shape index (κ1) is 39.0. The lowest BCUT2D eigenvalue weighted by atomic mass is 9.86. The maximum Gasteiger partial charge on any atom is 0.416 e. The maximum atomic E-state index is 13.7. The van der Waals surface area contributed by atoms with E-state index in [0.717, 1.165) is 23.3 Å². The van der Waals surface area contributed by atoms with Gasteiger partial charge in [-0.25, -0.2) is 0 Å². The third-order valence-electron chi connectivity index (χ3n) is 9.24. The van der Waals surface area contributed by atoms with Crippen molar-refractivity contribution < 1.29 is 47.1 Å². The van der Waals surface area contributed by atoms with Crippen LogP contribution in [0.15, 0.2) is 95.9 Å². The van der Waals surface area contributed by atoms with Crippen molar-refractivity contribution in [2.24, 2.45) is 5.92 Å². The minimum atomic E-state index is -4.76. The summed E-state index contributed by atoms with van der Waals surface area (Å²) >= 11 is -1.43. The molecule has 5 rings (SSSR count). The number of halogens is 3. The maximum absolute atomic E-state index is 13.7. The Balaban J connectivity index is 1.28. The average molecular weight is 750 g/mol. The van der Waals surface area contributed by atoms with E-state index in [-0.39, 0.29) is 22.9 Å². The zero-order valence-corrected chi connectivity index (χ0v) is 29.5. The van der Waals surface area contributed by atoms with Gasteiger partial charge in [0.1, 0.15) is 0 Å². The number of hydrogen-bond acceptors (Lipinski definition) is 7. The molecule has 0 aliphatic heterocycles. The fraction of sp³-hybridized carbons (Fsp3) is 0.282. The van der Waals surface area contributed by atoms with Crippen LogP contribution in [0.1, 0.15) is 80.4 Å². The van der Waals surface area contributed by atoms with E-state index in [1.165, 1.54) is 24.3 Å². The Kier molecular flexibility index (Phi) is 12.6. The summed E-state index contributed by atoms with van der Waals surface area (Å²) in [6.07, 6.45) is -1.35. The van der Waals surface area contributed by atoms with E-state index in [1.807, 2.05) is 11.2 Å². The van der Waals surface area contributed by atoms with Gasteiger partial charge in [0, 0.05) is 23.9 Å². The van der Waals surface area contributed by atoms with Gasteiger partial charge in [0.15, 0.2) is 0 Å². The Morgan fingerprint density at radius 3 is 2.00 bits per heavy atom. The van der Waals surface area contributed by atoms with Crippen LogP contribution in [0.5, 0.6) is 0 Å². The highest BCUT2D eigenvalue weighted by molar-refractivity contribution is 7.89. The van der Waals surface area contributed by atoms with Crippen LogP contribution in [0, 0.1) is 5.92 Å². The molecule has 1 aliphatic rings. The molecule has 0 bridgehead atoms. The van der Waals surface area contributed by atoms with Crippen LogP contribution in [0.25, 0.3) is 0 Å². The van der Waals surface area contributed by atoms with Crippen molar-refractivity contribution in [1.29, 1.82) is 0 Å². The van der Waals surface area contributed by atoms with Gasteiger partial charge < -0.3 is 25.6 Å². The number of benzene rings is 4. The van der Waals surface area contributed by atoms with E-state index in [4.69, 9.17) is 0 Å². The molecule has 1 unspecified atom stereocenters. The number of carbonyl (C=O) groups is 4. The summed E-state index contributed by atoms with van der Waals surface area (Å²) in [6, 6.07) is 21.7. The summed E-state index contributed by atoms with van der Waals surface area (Å²) in [5, 5.41) is 25.5. The molecule has 0 spiro atoms. The lowest BCUT2D eigenvalue weighted by Crippen LogP contribution is -2.42. The van der Waals surface area contributed by atoms with Gasteiger partial charge in [0.2, 0.25) is 4.90 Å². The quantitative estimate of drug-likeness (QED) is 0.110. The van der Waals surface area contributed by atoms with E-state index < -0.39 is 58.3 Å². The molecular formula is C39H38F3N3O7S. The number of nitrogens with zero attached hydrogens (tertiary/aromatic N) is 1. The minimum Gasteiger partial charge on any atom is -0.545 e. The van der Waals surface area contributed by atoms with Gasteiger partial charge >= 0.3 is 12.1 Å². The first-order valence-corrected chi connectivity index (χ1v) is 18.1. The molecule has 1 aliphatic carbocycles. The molecule has 0 radical (unpaired) electrons. The second kappa shape index (κ2) is 17.1. The molecule has 4 aromatic carbocycles. The van der Waals surface area contributed by atoms with Crippen LogP contribution in [0.2, 0.25) is 0 Å². The Labute approximate surface area is 307 Å². The number of anilines is 2. The standard InChI is InChI=1S/C39H38F3N3O7S/c1-2-45(31-19-14-27(15-20-31)38(50)51)53(52)32-5-3-4-28(22-32)35(46)44-34-21-16-29(39(40,41)42)23-33(34)36(47)43-30-17-10-25(11-18-30)7-6-24-8-12-26(13-9-24)37(48)49/h3-5,8-13,16-18,21-23,27,31,52H,2,6-7,14-15,19-20H2,1H3,(H3-,43,44,46,47,48,49,50,51). The van der Waals surface area contributed by atoms with Crippen molar-refractivity contribution in [3.8, 4) is 0 Å². The van der Waals surface area contributed by atoms with Crippen LogP contribution in [-0.4, -0.2) is 50.3 Å². The smallest absolute Gasteiger partial charge is 0.416 e. The van der Waals surface area contributed by atoms with Crippen LogP contribution >= 0.6 is 0 Å².